The molecule has 0 aliphatic carbocycles. The second kappa shape index (κ2) is 6.29. The lowest BCUT2D eigenvalue weighted by atomic mass is 10.2. The average Bonchev–Trinajstić information content (AvgIpc) is 3.31. The molecule has 5 nitrogen and oxygen atoms in total. The van der Waals surface area contributed by atoms with Gasteiger partial charge in [-0.15, -0.1) is 0 Å². The predicted molar refractivity (Wildman–Crippen MR) is 90.2 cm³/mol. The minimum atomic E-state index is 0.524. The van der Waals surface area contributed by atoms with Crippen molar-refractivity contribution < 1.29 is 4.42 Å². The summed E-state index contributed by atoms with van der Waals surface area (Å²) in [5.74, 6) is 1.66. The number of thiophene rings is 1. The van der Waals surface area contributed by atoms with Gasteiger partial charge in [0.15, 0.2) is 0 Å². The second-order valence-corrected chi connectivity index (χ2v) is 6.81. The van der Waals surface area contributed by atoms with Crippen LogP contribution in [0.3, 0.4) is 0 Å². The van der Waals surface area contributed by atoms with E-state index in [4.69, 9.17) is 9.40 Å². The first-order valence-corrected chi connectivity index (χ1v) is 8.94. The Morgan fingerprint density at radius 3 is 3.17 bits per heavy atom. The fourth-order valence-electron chi connectivity index (χ4n) is 3.21. The van der Waals surface area contributed by atoms with Crippen LogP contribution in [0.5, 0.6) is 0 Å². The summed E-state index contributed by atoms with van der Waals surface area (Å²) in [7, 11) is 0. The third-order valence-corrected chi connectivity index (χ3v) is 5.15. The van der Waals surface area contributed by atoms with E-state index >= 15 is 0 Å². The highest BCUT2D eigenvalue weighted by molar-refractivity contribution is 7.08. The molecule has 4 heterocycles. The quantitative estimate of drug-likeness (QED) is 0.718. The van der Waals surface area contributed by atoms with Crippen LogP contribution < -0.4 is 0 Å². The molecule has 0 unspecified atom stereocenters. The Labute approximate surface area is 139 Å². The van der Waals surface area contributed by atoms with E-state index in [0.717, 1.165) is 42.5 Å². The Kier molecular flexibility index (Phi) is 4.01. The minimum absolute atomic E-state index is 0.524. The van der Waals surface area contributed by atoms with Gasteiger partial charge >= 0.3 is 0 Å². The molecule has 6 heteroatoms. The van der Waals surface area contributed by atoms with E-state index in [1.807, 2.05) is 30.1 Å². The van der Waals surface area contributed by atoms with Gasteiger partial charge in [0.1, 0.15) is 5.76 Å². The molecule has 1 aliphatic rings. The Morgan fingerprint density at radius 1 is 1.43 bits per heavy atom. The Morgan fingerprint density at radius 2 is 2.39 bits per heavy atom. The van der Waals surface area contributed by atoms with E-state index in [1.165, 1.54) is 12.8 Å². The van der Waals surface area contributed by atoms with E-state index in [9.17, 15) is 0 Å². The molecular weight excluding hydrogens is 308 g/mol. The van der Waals surface area contributed by atoms with Gasteiger partial charge in [0.25, 0.3) is 0 Å². The number of nitrogens with zero attached hydrogens (tertiary/aromatic N) is 4. The maximum atomic E-state index is 5.86. The van der Waals surface area contributed by atoms with Crippen molar-refractivity contribution in [3.05, 3.63) is 46.7 Å². The first-order chi connectivity index (χ1) is 11.3. The molecule has 3 aromatic rings. The largest absolute Gasteiger partial charge is 0.441 e. The van der Waals surface area contributed by atoms with Crippen LogP contribution in [0.2, 0.25) is 0 Å². The summed E-state index contributed by atoms with van der Waals surface area (Å²) in [6, 6.07) is 4.56. The second-order valence-electron chi connectivity index (χ2n) is 6.03. The van der Waals surface area contributed by atoms with Gasteiger partial charge in [-0.3, -0.25) is 9.58 Å². The number of aryl methyl sites for hydroxylation is 1. The number of hydrogen-bond donors (Lipinski definition) is 0. The van der Waals surface area contributed by atoms with E-state index in [0.29, 0.717) is 6.04 Å². The summed E-state index contributed by atoms with van der Waals surface area (Å²) in [5.41, 5.74) is 2.12. The zero-order chi connectivity index (χ0) is 15.6. The van der Waals surface area contributed by atoms with Gasteiger partial charge in [0.05, 0.1) is 12.2 Å². The van der Waals surface area contributed by atoms with Gasteiger partial charge in [-0.25, -0.2) is 4.98 Å². The van der Waals surface area contributed by atoms with Crippen molar-refractivity contribution in [1.82, 2.24) is 19.7 Å². The standard InChI is InChI=1S/C17H20N4OS/c1-13-16(19-17(22-13)14-5-9-23-12-14)11-20-7-2-4-15(20)10-21-8-3-6-18-21/h3,5-6,8-9,12,15H,2,4,7,10-11H2,1H3/t15-/m1/s1. The number of aromatic nitrogens is 3. The fourth-order valence-corrected chi connectivity index (χ4v) is 3.84. The van der Waals surface area contributed by atoms with Crippen LogP contribution in [0.1, 0.15) is 24.3 Å². The number of hydrogen-bond acceptors (Lipinski definition) is 5. The van der Waals surface area contributed by atoms with Crippen LogP contribution in [-0.4, -0.2) is 32.3 Å². The zero-order valence-electron chi connectivity index (χ0n) is 13.2. The van der Waals surface area contributed by atoms with Crippen LogP contribution in [0.4, 0.5) is 0 Å². The summed E-state index contributed by atoms with van der Waals surface area (Å²) in [5, 5.41) is 8.46. The van der Waals surface area contributed by atoms with Crippen LogP contribution in [0.25, 0.3) is 11.5 Å². The lowest BCUT2D eigenvalue weighted by Gasteiger charge is -2.23. The van der Waals surface area contributed by atoms with E-state index in [2.05, 4.69) is 26.8 Å². The maximum Gasteiger partial charge on any atom is 0.227 e. The third-order valence-electron chi connectivity index (χ3n) is 4.47. The molecule has 0 bridgehead atoms. The van der Waals surface area contributed by atoms with E-state index in [1.54, 1.807) is 11.3 Å². The molecule has 1 fully saturated rings. The van der Waals surface area contributed by atoms with Crippen LogP contribution in [0.15, 0.2) is 39.7 Å². The predicted octanol–water partition coefficient (Wildman–Crippen LogP) is 3.57. The smallest absolute Gasteiger partial charge is 0.227 e. The fraction of sp³-hybridized carbons (Fsp3) is 0.412. The van der Waals surface area contributed by atoms with Crippen LogP contribution in [0, 0.1) is 6.92 Å². The number of oxazole rings is 1. The molecule has 1 aliphatic heterocycles. The lowest BCUT2D eigenvalue weighted by molar-refractivity contribution is 0.216. The SMILES string of the molecule is Cc1oc(-c2ccsc2)nc1CN1CCC[C@@H]1Cn1cccn1. The molecule has 0 N–H and O–H groups in total. The summed E-state index contributed by atoms with van der Waals surface area (Å²) >= 11 is 1.66. The van der Waals surface area contributed by atoms with Crippen molar-refractivity contribution in [2.45, 2.75) is 38.9 Å². The molecule has 0 amide bonds. The van der Waals surface area contributed by atoms with E-state index < -0.39 is 0 Å². The highest BCUT2D eigenvalue weighted by Gasteiger charge is 2.26. The van der Waals surface area contributed by atoms with Crippen molar-refractivity contribution in [2.75, 3.05) is 6.54 Å². The molecular formula is C17H20N4OS. The molecule has 1 saturated heterocycles. The minimum Gasteiger partial charge on any atom is -0.441 e. The molecule has 3 aromatic heterocycles. The highest BCUT2D eigenvalue weighted by atomic mass is 32.1. The number of rotatable bonds is 5. The molecule has 120 valence electrons. The van der Waals surface area contributed by atoms with Gasteiger partial charge in [0.2, 0.25) is 5.89 Å². The van der Waals surface area contributed by atoms with E-state index in [-0.39, 0.29) is 0 Å². The summed E-state index contributed by atoms with van der Waals surface area (Å²) in [6.45, 7) is 4.93. The molecule has 0 aromatic carbocycles. The van der Waals surface area contributed by atoms with Crippen LogP contribution >= 0.6 is 11.3 Å². The van der Waals surface area contributed by atoms with Crippen molar-refractivity contribution in [3.63, 3.8) is 0 Å². The molecule has 0 saturated carbocycles. The van der Waals surface area contributed by atoms with Gasteiger partial charge in [0, 0.05) is 35.9 Å². The van der Waals surface area contributed by atoms with Gasteiger partial charge in [-0.05, 0) is 43.8 Å². The Hall–Kier alpha value is -1.92. The van der Waals surface area contributed by atoms with Crippen LogP contribution in [-0.2, 0) is 13.1 Å². The Bertz CT molecular complexity index is 748. The average molecular weight is 328 g/mol. The summed E-state index contributed by atoms with van der Waals surface area (Å²) in [4.78, 5) is 7.23. The van der Waals surface area contributed by atoms with Crippen molar-refractivity contribution in [2.24, 2.45) is 0 Å². The molecule has 4 rings (SSSR count). The molecule has 0 spiro atoms. The number of likely N-dealkylation sites (tertiary alicyclic amines) is 1. The highest BCUT2D eigenvalue weighted by Crippen LogP contribution is 2.27. The third kappa shape index (κ3) is 3.09. The van der Waals surface area contributed by atoms with Crippen molar-refractivity contribution in [1.29, 1.82) is 0 Å². The van der Waals surface area contributed by atoms with Crippen molar-refractivity contribution >= 4 is 11.3 Å². The normalized spacial score (nSPS) is 18.7. The van der Waals surface area contributed by atoms with Gasteiger partial charge in [-0.2, -0.15) is 16.4 Å². The molecule has 1 atom stereocenters. The molecule has 23 heavy (non-hydrogen) atoms. The van der Waals surface area contributed by atoms with Gasteiger partial charge in [-0.1, -0.05) is 0 Å². The summed E-state index contributed by atoms with van der Waals surface area (Å²) < 4.78 is 7.89. The summed E-state index contributed by atoms with van der Waals surface area (Å²) in [6.07, 6.45) is 6.33. The lowest BCUT2D eigenvalue weighted by Crippen LogP contribution is -2.33. The Balaban J connectivity index is 1.48. The zero-order valence-corrected chi connectivity index (χ0v) is 14.0. The maximum absolute atomic E-state index is 5.86. The first kappa shape index (κ1) is 14.7. The van der Waals surface area contributed by atoms with Gasteiger partial charge < -0.3 is 4.42 Å². The monoisotopic (exact) mass is 328 g/mol. The topological polar surface area (TPSA) is 47.1 Å². The first-order valence-electron chi connectivity index (χ1n) is 8.00. The van der Waals surface area contributed by atoms with Crippen molar-refractivity contribution in [3.8, 4) is 11.5 Å². The molecule has 0 radical (unpaired) electrons.